The number of nitrogens with one attached hydrogen (secondary N) is 1. The molecule has 0 aliphatic carbocycles. The maximum absolute atomic E-state index is 13.0. The summed E-state index contributed by atoms with van der Waals surface area (Å²) in [5, 5.41) is 20.5. The minimum absolute atomic E-state index is 0.0455. The van der Waals surface area contributed by atoms with Crippen LogP contribution in [-0.2, 0) is 25.6 Å². The van der Waals surface area contributed by atoms with Crippen LogP contribution in [0.2, 0.25) is 0 Å². The third-order valence-corrected chi connectivity index (χ3v) is 8.55. The van der Waals surface area contributed by atoms with E-state index in [1.807, 2.05) is 11.4 Å². The first-order valence-electron chi connectivity index (χ1n) is 10.2. The average molecular weight is 531 g/mol. The molecule has 1 saturated heterocycles. The number of nitrogens with two attached hydrogens (primary N) is 1. The maximum atomic E-state index is 13.0. The molecule has 0 aromatic carbocycles. The van der Waals surface area contributed by atoms with Gasteiger partial charge in [0.1, 0.15) is 29.9 Å². The number of aromatic nitrogens is 2. The molecule has 2 amide bonds. The van der Waals surface area contributed by atoms with Crippen LogP contribution in [-0.4, -0.2) is 67.7 Å². The average Bonchev–Trinajstić information content (AvgIpc) is 3.49. The molecular formula is C21H18N6O5S3. The van der Waals surface area contributed by atoms with Crippen LogP contribution in [0, 0.1) is 0 Å². The Kier molecular flexibility index (Phi) is 6.17. The number of carboxylic acid groups (broad SMARTS) is 1. The van der Waals surface area contributed by atoms with Crippen LogP contribution in [0.3, 0.4) is 0 Å². The van der Waals surface area contributed by atoms with Crippen molar-refractivity contribution in [2.45, 2.75) is 17.8 Å². The number of thioether (sulfide) groups is 1. The highest BCUT2D eigenvalue weighted by Crippen LogP contribution is 2.41. The molecule has 0 bridgehead atoms. The SMILES string of the molecule is CO/N=C(\C(=O)NC1C(=O)N2C(C(=O)O)=C(Cc3cncc4ccsc34)CS[C@H]12)c1csc(N)n1. The van der Waals surface area contributed by atoms with E-state index in [0.717, 1.165) is 27.0 Å². The Labute approximate surface area is 210 Å². The molecular weight excluding hydrogens is 512 g/mol. The van der Waals surface area contributed by atoms with Crippen molar-refractivity contribution in [3.63, 3.8) is 0 Å². The topological polar surface area (TPSA) is 160 Å². The third kappa shape index (κ3) is 4.13. The summed E-state index contributed by atoms with van der Waals surface area (Å²) >= 11 is 4.09. The Balaban J connectivity index is 1.38. The van der Waals surface area contributed by atoms with E-state index in [4.69, 9.17) is 10.6 Å². The number of hydrogen-bond donors (Lipinski definition) is 3. The number of thiophene rings is 1. The standard InChI is InChI=1S/C21H18N6O5S3/c1-32-26-13(12-8-35-21(22)24-12)17(28)25-14-18(29)27-15(20(30)31)11(7-34-19(14)27)4-10-6-23-5-9-2-3-33-16(9)10/h2-3,5-6,8,14,19H,4,7H2,1H3,(H2,22,24)(H,25,28)(H,30,31)/b26-13-/t14?,19-/m1/s1. The first-order chi connectivity index (χ1) is 16.9. The van der Waals surface area contributed by atoms with E-state index in [1.54, 1.807) is 29.1 Å². The smallest absolute Gasteiger partial charge is 0.352 e. The van der Waals surface area contributed by atoms with Gasteiger partial charge in [0.2, 0.25) is 0 Å². The Morgan fingerprint density at radius 1 is 1.37 bits per heavy atom. The molecule has 5 rings (SSSR count). The van der Waals surface area contributed by atoms with E-state index in [9.17, 15) is 19.5 Å². The number of pyridine rings is 1. The van der Waals surface area contributed by atoms with Gasteiger partial charge in [0.15, 0.2) is 10.8 Å². The molecule has 2 aliphatic rings. The molecule has 35 heavy (non-hydrogen) atoms. The van der Waals surface area contributed by atoms with Crippen LogP contribution in [0.4, 0.5) is 5.13 Å². The highest BCUT2D eigenvalue weighted by molar-refractivity contribution is 8.00. The molecule has 0 radical (unpaired) electrons. The molecule has 2 aliphatic heterocycles. The van der Waals surface area contributed by atoms with Gasteiger partial charge in [0.05, 0.1) is 0 Å². The Hall–Kier alpha value is -3.49. The van der Waals surface area contributed by atoms with Gasteiger partial charge in [-0.3, -0.25) is 19.5 Å². The van der Waals surface area contributed by atoms with Crippen molar-refractivity contribution in [1.82, 2.24) is 20.2 Å². The minimum atomic E-state index is -1.19. The van der Waals surface area contributed by atoms with Crippen molar-refractivity contribution in [1.29, 1.82) is 0 Å². The molecule has 0 saturated carbocycles. The lowest BCUT2D eigenvalue weighted by atomic mass is 9.99. The lowest BCUT2D eigenvalue weighted by molar-refractivity contribution is -0.150. The maximum Gasteiger partial charge on any atom is 0.352 e. The second-order valence-electron chi connectivity index (χ2n) is 7.63. The number of rotatable bonds is 7. The third-order valence-electron chi connectivity index (χ3n) is 5.53. The second kappa shape index (κ2) is 9.28. The second-order valence-corrected chi connectivity index (χ2v) is 10.5. The lowest BCUT2D eigenvalue weighted by Gasteiger charge is -2.49. The molecule has 2 atom stereocenters. The normalized spacial score (nSPS) is 20.0. The number of carbonyl (C=O) groups excluding carboxylic acids is 2. The molecule has 1 unspecified atom stereocenters. The summed E-state index contributed by atoms with van der Waals surface area (Å²) in [6.45, 7) is 0. The molecule has 11 nitrogen and oxygen atoms in total. The van der Waals surface area contributed by atoms with Gasteiger partial charge in [-0.25, -0.2) is 9.78 Å². The van der Waals surface area contributed by atoms with Crippen molar-refractivity contribution >= 4 is 73.1 Å². The summed E-state index contributed by atoms with van der Waals surface area (Å²) in [5.41, 5.74) is 7.23. The predicted octanol–water partition coefficient (Wildman–Crippen LogP) is 1.67. The van der Waals surface area contributed by atoms with Gasteiger partial charge in [0, 0.05) is 33.6 Å². The quantitative estimate of drug-likeness (QED) is 0.234. The summed E-state index contributed by atoms with van der Waals surface area (Å²) < 4.78 is 1.04. The van der Waals surface area contributed by atoms with Gasteiger partial charge in [-0.1, -0.05) is 5.16 Å². The fourth-order valence-corrected chi connectivity index (χ4v) is 6.80. The highest BCUT2D eigenvalue weighted by atomic mass is 32.2. The number of carboxylic acids is 1. The van der Waals surface area contributed by atoms with E-state index in [2.05, 4.69) is 20.4 Å². The van der Waals surface area contributed by atoms with E-state index in [0.29, 0.717) is 17.7 Å². The summed E-state index contributed by atoms with van der Waals surface area (Å²) in [6.07, 6.45) is 3.86. The largest absolute Gasteiger partial charge is 0.477 e. The number of nitrogens with zero attached hydrogens (tertiary/aromatic N) is 4. The lowest BCUT2D eigenvalue weighted by Crippen LogP contribution is -2.71. The Morgan fingerprint density at radius 3 is 2.91 bits per heavy atom. The summed E-state index contributed by atoms with van der Waals surface area (Å²) in [5.74, 6) is -1.97. The summed E-state index contributed by atoms with van der Waals surface area (Å²) in [6, 6.07) is 1.05. The van der Waals surface area contributed by atoms with Gasteiger partial charge in [-0.05, 0) is 29.0 Å². The molecule has 180 valence electrons. The fraction of sp³-hybridized carbons (Fsp3) is 0.238. The van der Waals surface area contributed by atoms with Crippen LogP contribution in [0.15, 0.2) is 45.6 Å². The van der Waals surface area contributed by atoms with Crippen LogP contribution in [0.1, 0.15) is 11.3 Å². The van der Waals surface area contributed by atoms with E-state index in [-0.39, 0.29) is 22.2 Å². The van der Waals surface area contributed by atoms with Crippen molar-refractivity contribution in [2.75, 3.05) is 18.6 Å². The Bertz CT molecular complexity index is 1410. The van der Waals surface area contributed by atoms with Gasteiger partial charge in [0.25, 0.3) is 11.8 Å². The van der Waals surface area contributed by atoms with Gasteiger partial charge >= 0.3 is 5.97 Å². The molecule has 3 aromatic heterocycles. The zero-order valence-electron chi connectivity index (χ0n) is 18.1. The highest BCUT2D eigenvalue weighted by Gasteiger charge is 2.54. The molecule has 14 heteroatoms. The van der Waals surface area contributed by atoms with Crippen LogP contribution >= 0.6 is 34.4 Å². The number of amides is 2. The van der Waals surface area contributed by atoms with Crippen LogP contribution in [0.5, 0.6) is 0 Å². The van der Waals surface area contributed by atoms with Crippen molar-refractivity contribution < 1.29 is 24.3 Å². The summed E-state index contributed by atoms with van der Waals surface area (Å²) in [7, 11) is 1.29. The number of carbonyl (C=O) groups is 3. The van der Waals surface area contributed by atoms with Gasteiger partial charge in [-0.15, -0.1) is 34.4 Å². The van der Waals surface area contributed by atoms with E-state index < -0.39 is 29.2 Å². The zero-order valence-corrected chi connectivity index (χ0v) is 20.6. The van der Waals surface area contributed by atoms with Crippen molar-refractivity contribution in [2.24, 2.45) is 5.16 Å². The first-order valence-corrected chi connectivity index (χ1v) is 13.0. The molecule has 4 N–H and O–H groups in total. The predicted molar refractivity (Wildman–Crippen MR) is 133 cm³/mol. The minimum Gasteiger partial charge on any atom is -0.477 e. The molecule has 0 spiro atoms. The molecule has 3 aromatic rings. The van der Waals surface area contributed by atoms with E-state index >= 15 is 0 Å². The number of nitrogen functional groups attached to an aromatic ring is 1. The number of anilines is 1. The number of β-lactam (4-membered cyclic amide) rings is 1. The monoisotopic (exact) mass is 530 g/mol. The zero-order chi connectivity index (χ0) is 24.7. The fourth-order valence-electron chi connectivity index (χ4n) is 4.02. The van der Waals surface area contributed by atoms with Crippen LogP contribution < -0.4 is 11.1 Å². The molecule has 1 fully saturated rings. The van der Waals surface area contributed by atoms with E-state index in [1.165, 1.54) is 23.8 Å². The number of fused-ring (bicyclic) bond motifs is 2. The number of oxime groups is 1. The number of aliphatic carboxylic acids is 1. The number of thiazole rings is 1. The van der Waals surface area contributed by atoms with Crippen molar-refractivity contribution in [3.8, 4) is 0 Å². The molecule has 5 heterocycles. The summed E-state index contributed by atoms with van der Waals surface area (Å²) in [4.78, 5) is 52.4. The van der Waals surface area contributed by atoms with Gasteiger partial charge in [-0.2, -0.15) is 0 Å². The first kappa shape index (κ1) is 23.3. The van der Waals surface area contributed by atoms with Crippen molar-refractivity contribution in [3.05, 3.63) is 51.7 Å². The Morgan fingerprint density at radius 2 is 2.20 bits per heavy atom. The van der Waals surface area contributed by atoms with Crippen LogP contribution in [0.25, 0.3) is 10.1 Å². The van der Waals surface area contributed by atoms with Gasteiger partial charge < -0.3 is 21.0 Å². The number of hydrogen-bond acceptors (Lipinski definition) is 11.